The second-order valence-corrected chi connectivity index (χ2v) is 7.82. The summed E-state index contributed by atoms with van der Waals surface area (Å²) in [5, 5.41) is 49.2. The van der Waals surface area contributed by atoms with Crippen LogP contribution in [0.2, 0.25) is 0 Å². The van der Waals surface area contributed by atoms with E-state index in [-0.39, 0.29) is 11.3 Å². The molecule has 0 saturated heterocycles. The van der Waals surface area contributed by atoms with Gasteiger partial charge >= 0.3 is 13.4 Å². The lowest BCUT2D eigenvalue weighted by Crippen LogP contribution is -2.64. The van der Waals surface area contributed by atoms with Gasteiger partial charge in [-0.3, -0.25) is 9.42 Å². The molecule has 2 aromatic rings. The van der Waals surface area contributed by atoms with Crippen molar-refractivity contribution in [3.63, 3.8) is 0 Å². The Morgan fingerprint density at radius 1 is 0.964 bits per heavy atom. The fraction of sp³-hybridized carbons (Fsp3) is 0.438. The van der Waals surface area contributed by atoms with Gasteiger partial charge in [0.1, 0.15) is 48.0 Å². The highest BCUT2D eigenvalue weighted by Gasteiger charge is 2.51. The van der Waals surface area contributed by atoms with E-state index in [4.69, 9.17) is 13.5 Å². The van der Waals surface area contributed by atoms with Gasteiger partial charge in [0.15, 0.2) is 0 Å². The van der Waals surface area contributed by atoms with Crippen molar-refractivity contribution in [2.75, 3.05) is 0 Å². The fourth-order valence-electron chi connectivity index (χ4n) is 2.99. The summed E-state index contributed by atoms with van der Waals surface area (Å²) in [6, 6.07) is 5.25. The minimum atomic E-state index is -4.98. The maximum absolute atomic E-state index is 12.3. The molecular formula is C16H19O11P. The number of hydrogen-bond donors (Lipinski definition) is 6. The van der Waals surface area contributed by atoms with Gasteiger partial charge in [0, 0.05) is 17.5 Å². The average Bonchev–Trinajstić information content (AvgIpc) is 2.61. The first-order chi connectivity index (χ1) is 13.0. The summed E-state index contributed by atoms with van der Waals surface area (Å²) in [4.78, 5) is 21.4. The van der Waals surface area contributed by atoms with Gasteiger partial charge in [0.2, 0.25) is 0 Å². The van der Waals surface area contributed by atoms with Gasteiger partial charge in [-0.2, -0.15) is 0 Å². The van der Waals surface area contributed by atoms with Gasteiger partial charge in [0.25, 0.3) is 0 Å². The van der Waals surface area contributed by atoms with E-state index in [0.717, 1.165) is 0 Å². The predicted molar refractivity (Wildman–Crippen MR) is 92.6 cm³/mol. The molecule has 0 amide bonds. The zero-order valence-corrected chi connectivity index (χ0v) is 15.3. The van der Waals surface area contributed by atoms with Crippen LogP contribution in [0.15, 0.2) is 33.5 Å². The zero-order valence-electron chi connectivity index (χ0n) is 14.4. The lowest BCUT2D eigenvalue weighted by atomic mass is 9.85. The molecule has 0 bridgehead atoms. The normalized spacial score (nSPS) is 32.8. The molecule has 3 unspecified atom stereocenters. The lowest BCUT2D eigenvalue weighted by molar-refractivity contribution is -0.219. The zero-order chi connectivity index (χ0) is 20.8. The summed E-state index contributed by atoms with van der Waals surface area (Å²) in [5.74, 6) is -0.215. The van der Waals surface area contributed by atoms with Crippen molar-refractivity contribution in [1.29, 1.82) is 0 Å². The van der Waals surface area contributed by atoms with Gasteiger partial charge in [-0.15, -0.1) is 0 Å². The summed E-state index contributed by atoms with van der Waals surface area (Å²) in [5.41, 5.74) is 0.0889. The Balaban J connectivity index is 1.83. The molecule has 11 nitrogen and oxygen atoms in total. The summed E-state index contributed by atoms with van der Waals surface area (Å²) >= 11 is 0. The van der Waals surface area contributed by atoms with E-state index in [2.05, 4.69) is 0 Å². The van der Waals surface area contributed by atoms with Crippen molar-refractivity contribution in [2.24, 2.45) is 0 Å². The van der Waals surface area contributed by atoms with Crippen molar-refractivity contribution < 1.29 is 48.5 Å². The van der Waals surface area contributed by atoms with Crippen LogP contribution in [0.5, 0.6) is 5.75 Å². The van der Waals surface area contributed by atoms with Crippen LogP contribution in [0.1, 0.15) is 5.56 Å². The van der Waals surface area contributed by atoms with E-state index in [1.165, 1.54) is 24.3 Å². The Morgan fingerprint density at radius 2 is 1.54 bits per heavy atom. The van der Waals surface area contributed by atoms with Gasteiger partial charge in [-0.1, -0.05) is 0 Å². The Hall–Kier alpha value is -1.82. The SMILES string of the molecule is Cc1cc(=O)oc2cc(OP(=O)(O)OC3[C@@H](O)[C@H](O)C(O)[C@H](O)[C@@H]3O)ccc12. The second-order valence-electron chi connectivity index (χ2n) is 6.49. The van der Waals surface area contributed by atoms with Crippen molar-refractivity contribution in [1.82, 2.24) is 0 Å². The van der Waals surface area contributed by atoms with Gasteiger partial charge in [0.05, 0.1) is 0 Å². The van der Waals surface area contributed by atoms with Crippen LogP contribution in [0, 0.1) is 6.92 Å². The number of phosphoric ester groups is 1. The van der Waals surface area contributed by atoms with E-state index in [1.807, 2.05) is 0 Å². The van der Waals surface area contributed by atoms with Crippen LogP contribution >= 0.6 is 7.82 Å². The molecule has 1 heterocycles. The van der Waals surface area contributed by atoms with E-state index in [0.29, 0.717) is 10.9 Å². The molecule has 1 aliphatic carbocycles. The molecular weight excluding hydrogens is 399 g/mol. The number of rotatable bonds is 4. The molecule has 7 atom stereocenters. The summed E-state index contributed by atoms with van der Waals surface area (Å²) in [6.45, 7) is 1.68. The van der Waals surface area contributed by atoms with Crippen LogP contribution in [0.3, 0.4) is 0 Å². The highest BCUT2D eigenvalue weighted by Crippen LogP contribution is 2.47. The predicted octanol–water partition coefficient (Wildman–Crippen LogP) is -1.22. The molecule has 1 aromatic heterocycles. The first-order valence-electron chi connectivity index (χ1n) is 8.16. The largest absolute Gasteiger partial charge is 0.527 e. The summed E-state index contributed by atoms with van der Waals surface area (Å²) < 4.78 is 26.9. The number of aliphatic hydroxyl groups excluding tert-OH is 5. The minimum Gasteiger partial charge on any atom is -0.423 e. The molecule has 0 aliphatic heterocycles. The third kappa shape index (κ3) is 3.97. The van der Waals surface area contributed by atoms with Gasteiger partial charge in [-0.05, 0) is 24.6 Å². The Morgan fingerprint density at radius 3 is 2.14 bits per heavy atom. The molecule has 1 fully saturated rings. The van der Waals surface area contributed by atoms with E-state index < -0.39 is 50.1 Å². The van der Waals surface area contributed by atoms with Crippen molar-refractivity contribution >= 4 is 18.8 Å². The van der Waals surface area contributed by atoms with Gasteiger partial charge < -0.3 is 34.5 Å². The van der Waals surface area contributed by atoms with Gasteiger partial charge in [-0.25, -0.2) is 9.36 Å². The number of aliphatic hydroxyl groups is 5. The van der Waals surface area contributed by atoms with Crippen LogP contribution in [-0.2, 0) is 9.09 Å². The van der Waals surface area contributed by atoms with Crippen molar-refractivity contribution in [3.8, 4) is 5.75 Å². The molecule has 0 spiro atoms. The molecule has 0 radical (unpaired) electrons. The number of fused-ring (bicyclic) bond motifs is 1. The quantitative estimate of drug-likeness (QED) is 0.258. The highest BCUT2D eigenvalue weighted by atomic mass is 31.2. The number of benzene rings is 1. The maximum atomic E-state index is 12.3. The van der Waals surface area contributed by atoms with E-state index in [1.54, 1.807) is 6.92 Å². The third-order valence-electron chi connectivity index (χ3n) is 4.47. The van der Waals surface area contributed by atoms with Crippen molar-refractivity contribution in [2.45, 2.75) is 43.5 Å². The monoisotopic (exact) mass is 418 g/mol. The topological polar surface area (TPSA) is 187 Å². The molecule has 1 saturated carbocycles. The number of hydrogen-bond acceptors (Lipinski definition) is 10. The average molecular weight is 418 g/mol. The Bertz CT molecular complexity index is 957. The van der Waals surface area contributed by atoms with Crippen molar-refractivity contribution in [3.05, 3.63) is 40.2 Å². The van der Waals surface area contributed by atoms with Crippen LogP contribution < -0.4 is 10.1 Å². The number of phosphoric acid groups is 1. The summed E-state index contributed by atoms with van der Waals surface area (Å²) in [7, 11) is -4.98. The second kappa shape index (κ2) is 7.54. The smallest absolute Gasteiger partial charge is 0.423 e. The molecule has 1 aromatic carbocycles. The molecule has 154 valence electrons. The molecule has 28 heavy (non-hydrogen) atoms. The fourth-order valence-corrected chi connectivity index (χ4v) is 3.97. The first kappa shape index (κ1) is 20.9. The van der Waals surface area contributed by atoms with Crippen LogP contribution in [0.4, 0.5) is 0 Å². The number of aryl methyl sites for hydroxylation is 1. The standard InChI is InChI=1S/C16H19O11P/c1-6-4-10(17)25-9-5-7(2-3-8(6)9)26-28(23,24)27-16-14(21)12(19)11(18)13(20)15(16)22/h2-5,11-16,18-22H,1H3,(H,23,24)/t11?,12-,13+,14-,15-,16?/m0/s1. The molecule has 6 N–H and O–H groups in total. The lowest BCUT2D eigenvalue weighted by Gasteiger charge is -2.41. The molecule has 12 heteroatoms. The molecule has 1 aliphatic rings. The Kier molecular flexibility index (Phi) is 5.63. The highest BCUT2D eigenvalue weighted by molar-refractivity contribution is 7.47. The Labute approximate surface area is 157 Å². The van der Waals surface area contributed by atoms with E-state index >= 15 is 0 Å². The minimum absolute atomic E-state index is 0.0919. The first-order valence-corrected chi connectivity index (χ1v) is 9.65. The van der Waals surface area contributed by atoms with Crippen LogP contribution in [0.25, 0.3) is 11.0 Å². The molecule has 3 rings (SSSR count). The third-order valence-corrected chi connectivity index (χ3v) is 5.42. The van der Waals surface area contributed by atoms with E-state index in [9.17, 15) is 39.8 Å². The summed E-state index contributed by atoms with van der Waals surface area (Å²) in [6.07, 6.45) is -11.6. The van der Waals surface area contributed by atoms with Crippen LogP contribution in [-0.4, -0.2) is 67.0 Å². The maximum Gasteiger partial charge on any atom is 0.527 e.